The highest BCUT2D eigenvalue weighted by Crippen LogP contribution is 2.41. The van der Waals surface area contributed by atoms with E-state index in [0.29, 0.717) is 5.92 Å². The van der Waals surface area contributed by atoms with Gasteiger partial charge in [0.1, 0.15) is 11.5 Å². The van der Waals surface area contributed by atoms with Crippen LogP contribution in [0.1, 0.15) is 36.0 Å². The number of hydrogen-bond donors (Lipinski definition) is 0. The molecule has 1 aliphatic rings. The summed E-state index contributed by atoms with van der Waals surface area (Å²) in [7, 11) is 1.70. The molecule has 0 fully saturated rings. The predicted molar refractivity (Wildman–Crippen MR) is 80.7 cm³/mol. The Bertz CT molecular complexity index is 601. The molecule has 0 radical (unpaired) electrons. The maximum Gasteiger partial charge on any atom is 0.123 e. The number of hydrogen-bond acceptors (Lipinski definition) is 2. The van der Waals surface area contributed by atoms with E-state index in [-0.39, 0.29) is 6.10 Å². The highest BCUT2D eigenvalue weighted by Gasteiger charge is 2.27. The van der Waals surface area contributed by atoms with Gasteiger partial charge in [-0.3, -0.25) is 0 Å². The molecule has 0 saturated carbocycles. The molecule has 104 valence electrons. The van der Waals surface area contributed by atoms with E-state index in [2.05, 4.69) is 44.2 Å². The third kappa shape index (κ3) is 2.38. The Morgan fingerprint density at radius 3 is 2.55 bits per heavy atom. The van der Waals surface area contributed by atoms with Gasteiger partial charge in [-0.1, -0.05) is 29.8 Å². The highest BCUT2D eigenvalue weighted by molar-refractivity contribution is 5.46. The van der Waals surface area contributed by atoms with Crippen LogP contribution in [-0.4, -0.2) is 13.2 Å². The van der Waals surface area contributed by atoms with Crippen LogP contribution in [0, 0.1) is 6.92 Å². The fraction of sp³-hybridized carbons (Fsp3) is 0.333. The van der Waals surface area contributed by atoms with E-state index in [0.717, 1.165) is 17.9 Å². The molecule has 2 unspecified atom stereocenters. The summed E-state index contributed by atoms with van der Waals surface area (Å²) in [5, 5.41) is 0. The minimum absolute atomic E-state index is 0.248. The quantitative estimate of drug-likeness (QED) is 0.808. The van der Waals surface area contributed by atoms with Crippen LogP contribution in [-0.2, 0) is 0 Å². The first-order valence-corrected chi connectivity index (χ1v) is 7.08. The van der Waals surface area contributed by atoms with Crippen molar-refractivity contribution in [3.8, 4) is 11.5 Å². The minimum Gasteiger partial charge on any atom is -0.497 e. The molecule has 2 atom stereocenters. The summed E-state index contributed by atoms with van der Waals surface area (Å²) in [4.78, 5) is 0. The average molecular weight is 268 g/mol. The van der Waals surface area contributed by atoms with Crippen LogP contribution in [0.2, 0.25) is 0 Å². The van der Waals surface area contributed by atoms with Gasteiger partial charge in [0.05, 0.1) is 13.2 Å². The fourth-order valence-electron chi connectivity index (χ4n) is 2.92. The summed E-state index contributed by atoms with van der Waals surface area (Å²) in [6.45, 7) is 4.27. The maximum atomic E-state index is 5.96. The van der Waals surface area contributed by atoms with Crippen molar-refractivity contribution in [2.24, 2.45) is 0 Å². The van der Waals surface area contributed by atoms with Crippen molar-refractivity contribution in [3.05, 3.63) is 59.2 Å². The van der Waals surface area contributed by atoms with Crippen LogP contribution in [0.5, 0.6) is 11.5 Å². The number of aryl methyl sites for hydroxylation is 1. The van der Waals surface area contributed by atoms with Crippen LogP contribution in [0.3, 0.4) is 0 Å². The molecular formula is C18H20O2. The van der Waals surface area contributed by atoms with Gasteiger partial charge in [-0.2, -0.15) is 0 Å². The zero-order valence-corrected chi connectivity index (χ0v) is 12.2. The van der Waals surface area contributed by atoms with Gasteiger partial charge in [0, 0.05) is 11.5 Å². The molecule has 1 heterocycles. The van der Waals surface area contributed by atoms with Crippen LogP contribution < -0.4 is 9.47 Å². The lowest BCUT2D eigenvalue weighted by molar-refractivity contribution is 0.183. The third-order valence-corrected chi connectivity index (χ3v) is 3.95. The molecule has 0 aromatic heterocycles. The number of ether oxygens (including phenoxy) is 2. The second-order valence-corrected chi connectivity index (χ2v) is 5.53. The van der Waals surface area contributed by atoms with Gasteiger partial charge < -0.3 is 9.47 Å². The summed E-state index contributed by atoms with van der Waals surface area (Å²) in [5.41, 5.74) is 3.90. The van der Waals surface area contributed by atoms with Crippen LogP contribution in [0.4, 0.5) is 0 Å². The molecule has 0 spiro atoms. The SMILES string of the molecule is COc1ccc(C2CC(C)Oc3ccc(C)cc32)cc1. The van der Waals surface area contributed by atoms with Crippen molar-refractivity contribution in [1.82, 2.24) is 0 Å². The number of fused-ring (bicyclic) bond motifs is 1. The monoisotopic (exact) mass is 268 g/mol. The maximum absolute atomic E-state index is 5.96. The second kappa shape index (κ2) is 5.20. The molecule has 0 aliphatic carbocycles. The van der Waals surface area contributed by atoms with Gasteiger partial charge in [-0.05, 0) is 44.0 Å². The van der Waals surface area contributed by atoms with Crippen molar-refractivity contribution >= 4 is 0 Å². The predicted octanol–water partition coefficient (Wildman–Crippen LogP) is 4.31. The summed E-state index contributed by atoms with van der Waals surface area (Å²) in [6.07, 6.45) is 1.26. The normalized spacial score (nSPS) is 20.9. The van der Waals surface area contributed by atoms with E-state index < -0.39 is 0 Å². The summed E-state index contributed by atoms with van der Waals surface area (Å²) in [6, 6.07) is 14.8. The third-order valence-electron chi connectivity index (χ3n) is 3.95. The molecule has 2 nitrogen and oxygen atoms in total. The van der Waals surface area contributed by atoms with Crippen LogP contribution in [0.15, 0.2) is 42.5 Å². The van der Waals surface area contributed by atoms with E-state index in [1.807, 2.05) is 12.1 Å². The van der Waals surface area contributed by atoms with Gasteiger partial charge in [0.2, 0.25) is 0 Å². The van der Waals surface area contributed by atoms with Gasteiger partial charge in [-0.15, -0.1) is 0 Å². The molecular weight excluding hydrogens is 248 g/mol. The Morgan fingerprint density at radius 1 is 1.10 bits per heavy atom. The second-order valence-electron chi connectivity index (χ2n) is 5.53. The molecule has 0 N–H and O–H groups in total. The first-order chi connectivity index (χ1) is 9.67. The fourth-order valence-corrected chi connectivity index (χ4v) is 2.92. The molecule has 2 aromatic carbocycles. The van der Waals surface area contributed by atoms with Gasteiger partial charge in [-0.25, -0.2) is 0 Å². The Hall–Kier alpha value is -1.96. The number of benzene rings is 2. The smallest absolute Gasteiger partial charge is 0.123 e. The molecule has 0 amide bonds. The van der Waals surface area contributed by atoms with Crippen molar-refractivity contribution in [1.29, 1.82) is 0 Å². The Kier molecular flexibility index (Phi) is 3.39. The first kappa shape index (κ1) is 13.0. The van der Waals surface area contributed by atoms with Gasteiger partial charge in [0.25, 0.3) is 0 Å². The molecule has 1 aliphatic heterocycles. The zero-order valence-electron chi connectivity index (χ0n) is 12.2. The lowest BCUT2D eigenvalue weighted by Gasteiger charge is -2.31. The molecule has 2 aromatic rings. The lowest BCUT2D eigenvalue weighted by Crippen LogP contribution is -2.23. The standard InChI is InChI=1S/C18H20O2/c1-12-4-9-18-17(10-12)16(11-13(2)20-18)14-5-7-15(19-3)8-6-14/h4-10,13,16H,11H2,1-3H3. The van der Waals surface area contributed by atoms with Crippen molar-refractivity contribution in [2.75, 3.05) is 7.11 Å². The van der Waals surface area contributed by atoms with Crippen molar-refractivity contribution < 1.29 is 9.47 Å². The van der Waals surface area contributed by atoms with E-state index in [1.165, 1.54) is 16.7 Å². The average Bonchev–Trinajstić information content (AvgIpc) is 2.47. The summed E-state index contributed by atoms with van der Waals surface area (Å²) >= 11 is 0. The van der Waals surface area contributed by atoms with Crippen LogP contribution in [0.25, 0.3) is 0 Å². The first-order valence-electron chi connectivity index (χ1n) is 7.08. The zero-order chi connectivity index (χ0) is 14.1. The largest absolute Gasteiger partial charge is 0.497 e. The van der Waals surface area contributed by atoms with E-state index in [9.17, 15) is 0 Å². The van der Waals surface area contributed by atoms with Gasteiger partial charge in [0.15, 0.2) is 0 Å². The van der Waals surface area contributed by atoms with Crippen LogP contribution >= 0.6 is 0 Å². The Morgan fingerprint density at radius 2 is 1.85 bits per heavy atom. The topological polar surface area (TPSA) is 18.5 Å². The minimum atomic E-state index is 0.248. The van der Waals surface area contributed by atoms with Gasteiger partial charge >= 0.3 is 0 Å². The molecule has 0 saturated heterocycles. The molecule has 20 heavy (non-hydrogen) atoms. The number of methoxy groups -OCH3 is 1. The molecule has 0 bridgehead atoms. The molecule has 3 rings (SSSR count). The van der Waals surface area contributed by atoms with E-state index in [4.69, 9.17) is 9.47 Å². The number of rotatable bonds is 2. The summed E-state index contributed by atoms with van der Waals surface area (Å²) < 4.78 is 11.2. The Labute approximate surface area is 120 Å². The molecule has 2 heteroatoms. The Balaban J connectivity index is 2.02. The van der Waals surface area contributed by atoms with Crippen molar-refractivity contribution in [3.63, 3.8) is 0 Å². The van der Waals surface area contributed by atoms with Crippen molar-refractivity contribution in [2.45, 2.75) is 32.3 Å². The lowest BCUT2D eigenvalue weighted by atomic mass is 9.84. The summed E-state index contributed by atoms with van der Waals surface area (Å²) in [5.74, 6) is 2.33. The van der Waals surface area contributed by atoms with E-state index >= 15 is 0 Å². The highest BCUT2D eigenvalue weighted by atomic mass is 16.5. The van der Waals surface area contributed by atoms with E-state index in [1.54, 1.807) is 7.11 Å².